The van der Waals surface area contributed by atoms with E-state index in [1.54, 1.807) is 0 Å². The van der Waals surface area contributed by atoms with Crippen LogP contribution in [0.4, 0.5) is 0 Å². The van der Waals surface area contributed by atoms with E-state index in [0.29, 0.717) is 6.04 Å². The lowest BCUT2D eigenvalue weighted by atomic mass is 9.94. The minimum Gasteiger partial charge on any atom is -0.299 e. The van der Waals surface area contributed by atoms with Gasteiger partial charge in [0.1, 0.15) is 0 Å². The molecule has 0 radical (unpaired) electrons. The molecule has 0 fully saturated rings. The van der Waals surface area contributed by atoms with Crippen LogP contribution in [0.1, 0.15) is 23.7 Å². The minimum absolute atomic E-state index is 0.577. The quantitative estimate of drug-likeness (QED) is 0.847. The number of likely N-dealkylation sites (N-methyl/N-ethyl adjacent to an activating group) is 2. The molecule has 1 aromatic heterocycles. The number of nitrogens with zero attached hydrogens (tertiary/aromatic N) is 4. The fourth-order valence-electron chi connectivity index (χ4n) is 3.29. The second-order valence-corrected chi connectivity index (χ2v) is 6.40. The number of rotatable bonds is 5. The van der Waals surface area contributed by atoms with Gasteiger partial charge in [-0.1, -0.05) is 24.3 Å². The zero-order chi connectivity index (χ0) is 15.5. The number of fused-ring (bicyclic) bond motifs is 1. The largest absolute Gasteiger partial charge is 0.299 e. The van der Waals surface area contributed by atoms with Gasteiger partial charge in [-0.2, -0.15) is 5.10 Å². The maximum Gasteiger partial charge on any atom is 0.0764 e. The molecule has 2 heterocycles. The molecule has 3 rings (SSSR count). The summed E-state index contributed by atoms with van der Waals surface area (Å²) in [5.74, 6) is 0. The molecule has 0 N–H and O–H groups in total. The molecule has 0 amide bonds. The van der Waals surface area contributed by atoms with Gasteiger partial charge in [0.05, 0.1) is 5.69 Å². The summed E-state index contributed by atoms with van der Waals surface area (Å²) in [6, 6.07) is 11.5. The van der Waals surface area contributed by atoms with Crippen molar-refractivity contribution in [3.63, 3.8) is 0 Å². The first-order valence-corrected chi connectivity index (χ1v) is 8.13. The van der Waals surface area contributed by atoms with Crippen molar-refractivity contribution < 1.29 is 0 Å². The van der Waals surface area contributed by atoms with Gasteiger partial charge in [-0.25, -0.2) is 0 Å². The van der Waals surface area contributed by atoms with Gasteiger partial charge in [0.15, 0.2) is 0 Å². The minimum atomic E-state index is 0.577. The maximum absolute atomic E-state index is 4.58. The summed E-state index contributed by atoms with van der Waals surface area (Å²) < 4.78 is 1.99. The van der Waals surface area contributed by atoms with Gasteiger partial charge in [-0.15, -0.1) is 0 Å². The van der Waals surface area contributed by atoms with Crippen molar-refractivity contribution in [2.75, 3.05) is 20.6 Å². The fraction of sp³-hybridized carbons (Fsp3) is 0.500. The van der Waals surface area contributed by atoms with Crippen LogP contribution in [0, 0.1) is 0 Å². The summed E-state index contributed by atoms with van der Waals surface area (Å²) in [5, 5.41) is 4.58. The SMILES string of the molecule is CCn1ccc(CN(C)CC2Cc3ccccc3CN2C)n1. The van der Waals surface area contributed by atoms with Crippen molar-refractivity contribution in [3.8, 4) is 0 Å². The lowest BCUT2D eigenvalue weighted by molar-refractivity contribution is 0.157. The van der Waals surface area contributed by atoms with Crippen molar-refractivity contribution in [1.82, 2.24) is 19.6 Å². The van der Waals surface area contributed by atoms with Gasteiger partial charge >= 0.3 is 0 Å². The Bertz CT molecular complexity index is 619. The summed E-state index contributed by atoms with van der Waals surface area (Å²) in [6.45, 7) is 6.10. The van der Waals surface area contributed by atoms with Crippen LogP contribution in [0.3, 0.4) is 0 Å². The molecule has 1 aliphatic heterocycles. The summed E-state index contributed by atoms with van der Waals surface area (Å²) in [7, 11) is 4.43. The molecule has 22 heavy (non-hydrogen) atoms. The van der Waals surface area contributed by atoms with Crippen molar-refractivity contribution in [1.29, 1.82) is 0 Å². The van der Waals surface area contributed by atoms with Crippen LogP contribution < -0.4 is 0 Å². The third-order valence-electron chi connectivity index (χ3n) is 4.59. The third kappa shape index (κ3) is 3.39. The van der Waals surface area contributed by atoms with E-state index in [4.69, 9.17) is 0 Å². The molecular weight excluding hydrogens is 272 g/mol. The van der Waals surface area contributed by atoms with Crippen LogP contribution in [0.5, 0.6) is 0 Å². The molecule has 4 heteroatoms. The Kier molecular flexibility index (Phi) is 4.60. The van der Waals surface area contributed by atoms with E-state index in [0.717, 1.165) is 38.3 Å². The molecule has 1 unspecified atom stereocenters. The second-order valence-electron chi connectivity index (χ2n) is 6.40. The van der Waals surface area contributed by atoms with Crippen molar-refractivity contribution in [2.24, 2.45) is 0 Å². The smallest absolute Gasteiger partial charge is 0.0764 e. The Hall–Kier alpha value is -1.65. The molecule has 1 atom stereocenters. The number of aryl methyl sites for hydroxylation is 1. The van der Waals surface area contributed by atoms with Crippen LogP contribution in [0.25, 0.3) is 0 Å². The first-order chi connectivity index (χ1) is 10.7. The summed E-state index contributed by atoms with van der Waals surface area (Å²) in [4.78, 5) is 4.86. The Morgan fingerprint density at radius 1 is 1.23 bits per heavy atom. The zero-order valence-corrected chi connectivity index (χ0v) is 13.9. The van der Waals surface area contributed by atoms with Gasteiger partial charge in [0, 0.05) is 38.4 Å². The fourth-order valence-corrected chi connectivity index (χ4v) is 3.29. The number of aromatic nitrogens is 2. The Balaban J connectivity index is 1.60. The van der Waals surface area contributed by atoms with Crippen LogP contribution in [-0.2, 0) is 26.1 Å². The molecule has 0 spiro atoms. The second kappa shape index (κ2) is 6.63. The number of hydrogen-bond donors (Lipinski definition) is 0. The monoisotopic (exact) mass is 298 g/mol. The third-order valence-corrected chi connectivity index (χ3v) is 4.59. The molecule has 0 saturated heterocycles. The molecule has 1 aromatic carbocycles. The van der Waals surface area contributed by atoms with Crippen LogP contribution in [0.2, 0.25) is 0 Å². The Morgan fingerprint density at radius 2 is 2.00 bits per heavy atom. The first kappa shape index (κ1) is 15.3. The normalized spacial score (nSPS) is 18.6. The van der Waals surface area contributed by atoms with Gasteiger partial charge < -0.3 is 0 Å². The predicted molar refractivity (Wildman–Crippen MR) is 89.6 cm³/mol. The van der Waals surface area contributed by atoms with E-state index in [1.807, 2.05) is 4.68 Å². The molecule has 118 valence electrons. The highest BCUT2D eigenvalue weighted by Crippen LogP contribution is 2.22. The van der Waals surface area contributed by atoms with Crippen LogP contribution >= 0.6 is 0 Å². The van der Waals surface area contributed by atoms with E-state index in [1.165, 1.54) is 11.1 Å². The van der Waals surface area contributed by atoms with Gasteiger partial charge in [-0.3, -0.25) is 14.5 Å². The van der Waals surface area contributed by atoms with Crippen molar-refractivity contribution in [3.05, 3.63) is 53.3 Å². The number of hydrogen-bond acceptors (Lipinski definition) is 3. The average molecular weight is 298 g/mol. The predicted octanol–water partition coefficient (Wildman–Crippen LogP) is 2.39. The van der Waals surface area contributed by atoms with E-state index < -0.39 is 0 Å². The molecule has 4 nitrogen and oxygen atoms in total. The van der Waals surface area contributed by atoms with Gasteiger partial charge in [0.2, 0.25) is 0 Å². The molecule has 1 aliphatic rings. The lowest BCUT2D eigenvalue weighted by Crippen LogP contribution is -2.44. The molecule has 0 saturated carbocycles. The van der Waals surface area contributed by atoms with Crippen LogP contribution in [-0.4, -0.2) is 46.3 Å². The Labute approximate surface area is 133 Å². The standard InChI is InChI=1S/C18H26N4/c1-4-22-10-9-17(19-22)13-20(2)14-18-11-15-7-5-6-8-16(15)12-21(18)3/h5-10,18H,4,11-14H2,1-3H3. The van der Waals surface area contributed by atoms with E-state index in [-0.39, 0.29) is 0 Å². The highest BCUT2D eigenvalue weighted by atomic mass is 15.3. The van der Waals surface area contributed by atoms with E-state index in [2.05, 4.69) is 72.4 Å². The zero-order valence-electron chi connectivity index (χ0n) is 13.9. The summed E-state index contributed by atoms with van der Waals surface area (Å²) in [5.41, 5.74) is 4.14. The van der Waals surface area contributed by atoms with Crippen molar-refractivity contribution in [2.45, 2.75) is 39.0 Å². The summed E-state index contributed by atoms with van der Waals surface area (Å²) in [6.07, 6.45) is 3.20. The van der Waals surface area contributed by atoms with Crippen molar-refractivity contribution >= 4 is 0 Å². The molecule has 0 aliphatic carbocycles. The first-order valence-electron chi connectivity index (χ1n) is 8.13. The van der Waals surface area contributed by atoms with Gasteiger partial charge in [0.25, 0.3) is 0 Å². The molecule has 0 bridgehead atoms. The van der Waals surface area contributed by atoms with Gasteiger partial charge in [-0.05, 0) is 44.6 Å². The van der Waals surface area contributed by atoms with E-state index >= 15 is 0 Å². The average Bonchev–Trinajstić information content (AvgIpc) is 2.95. The highest BCUT2D eigenvalue weighted by Gasteiger charge is 2.24. The van der Waals surface area contributed by atoms with Crippen LogP contribution in [0.15, 0.2) is 36.5 Å². The van der Waals surface area contributed by atoms with E-state index in [9.17, 15) is 0 Å². The maximum atomic E-state index is 4.58. The highest BCUT2D eigenvalue weighted by molar-refractivity contribution is 5.30. The topological polar surface area (TPSA) is 24.3 Å². The Morgan fingerprint density at radius 3 is 2.73 bits per heavy atom. The lowest BCUT2D eigenvalue weighted by Gasteiger charge is -2.36. The summed E-state index contributed by atoms with van der Waals surface area (Å²) >= 11 is 0. The molecular formula is C18H26N4. The number of benzene rings is 1. The molecule has 2 aromatic rings.